The lowest BCUT2D eigenvalue weighted by atomic mass is 10.8. The van der Waals surface area contributed by atoms with Crippen LogP contribution < -0.4 is 16.0 Å². The number of carbonyl (C=O) groups is 1. The molecule has 1 aromatic rings. The van der Waals surface area contributed by atoms with Gasteiger partial charge in [-0.1, -0.05) is 0 Å². The van der Waals surface area contributed by atoms with Crippen LogP contribution in [0.5, 0.6) is 0 Å². The molecule has 0 unspecified atom stereocenters. The molecule has 3 N–H and O–H groups in total. The van der Waals surface area contributed by atoms with Gasteiger partial charge in [-0.3, -0.25) is 0 Å². The Labute approximate surface area is 82.4 Å². The highest BCUT2D eigenvalue weighted by Gasteiger charge is 2.00. The number of carbonyl (C=O) groups excluding carboxylic acids is 1. The predicted molar refractivity (Wildman–Crippen MR) is 55.6 cm³/mol. The fourth-order valence-electron chi connectivity index (χ4n) is 0.711. The van der Waals surface area contributed by atoms with Crippen molar-refractivity contribution in [1.29, 1.82) is 0 Å². The van der Waals surface area contributed by atoms with Gasteiger partial charge < -0.3 is 20.7 Å². The van der Waals surface area contributed by atoms with Gasteiger partial charge in [0.05, 0.1) is 0 Å². The summed E-state index contributed by atoms with van der Waals surface area (Å²) in [4.78, 5) is 20.1. The van der Waals surface area contributed by atoms with Crippen LogP contribution in [0.2, 0.25) is 0 Å². The number of nitrogens with zero attached hydrogens (tertiary/aromatic N) is 3. The molecule has 14 heavy (non-hydrogen) atoms. The van der Waals surface area contributed by atoms with Gasteiger partial charge in [0.1, 0.15) is 6.79 Å². The first-order valence-electron chi connectivity index (χ1n) is 3.88. The third-order valence-corrected chi connectivity index (χ3v) is 1.31. The van der Waals surface area contributed by atoms with Crippen LogP contribution in [0.4, 0.5) is 17.8 Å². The summed E-state index contributed by atoms with van der Waals surface area (Å²) in [5.41, 5.74) is 0. The molecule has 1 aromatic heterocycles. The standard InChI is InChI=1S/C6H12N6.CH2O/c1-7-4-10-5(8-2)12-6(9-3)11-4;1-2/h1-3H3,(H3,7,8,9,10,11,12);1H2. The SMILES string of the molecule is C=O.CNc1nc(NC)nc(NC)n1. The van der Waals surface area contributed by atoms with Crippen molar-refractivity contribution in [3.05, 3.63) is 0 Å². The van der Waals surface area contributed by atoms with Crippen molar-refractivity contribution in [2.75, 3.05) is 37.1 Å². The maximum Gasteiger partial charge on any atom is 0.229 e. The average Bonchev–Trinajstić information content (AvgIpc) is 2.30. The predicted octanol–water partition coefficient (Wildman–Crippen LogP) is -0.188. The molecule has 0 radical (unpaired) electrons. The first-order valence-corrected chi connectivity index (χ1v) is 3.88. The molecule has 1 rings (SSSR count). The van der Waals surface area contributed by atoms with Crippen LogP contribution in [0.3, 0.4) is 0 Å². The van der Waals surface area contributed by atoms with Crippen molar-refractivity contribution in [2.45, 2.75) is 0 Å². The molecule has 1 heterocycles. The number of anilines is 3. The highest BCUT2D eigenvalue weighted by molar-refractivity contribution is 5.40. The van der Waals surface area contributed by atoms with Gasteiger partial charge in [0.2, 0.25) is 17.8 Å². The minimum atomic E-state index is 0.540. The molecule has 0 spiro atoms. The van der Waals surface area contributed by atoms with Crippen LogP contribution >= 0.6 is 0 Å². The van der Waals surface area contributed by atoms with Crippen LogP contribution in [0.1, 0.15) is 0 Å². The van der Waals surface area contributed by atoms with Crippen molar-refractivity contribution in [3.8, 4) is 0 Å². The topological polar surface area (TPSA) is 91.8 Å². The second kappa shape index (κ2) is 6.58. The average molecular weight is 198 g/mol. The maximum atomic E-state index is 8.00. The Morgan fingerprint density at radius 3 is 1.14 bits per heavy atom. The highest BCUT2D eigenvalue weighted by atomic mass is 16.1. The van der Waals surface area contributed by atoms with Crippen molar-refractivity contribution in [2.24, 2.45) is 0 Å². The summed E-state index contributed by atoms with van der Waals surface area (Å²) in [5, 5.41) is 8.50. The quantitative estimate of drug-likeness (QED) is 0.620. The van der Waals surface area contributed by atoms with Crippen LogP contribution in [-0.2, 0) is 4.79 Å². The number of aromatic nitrogens is 3. The van der Waals surface area contributed by atoms with E-state index in [1.54, 1.807) is 21.1 Å². The summed E-state index contributed by atoms with van der Waals surface area (Å²) in [6, 6.07) is 0. The molecule has 0 aromatic carbocycles. The van der Waals surface area contributed by atoms with E-state index in [1.165, 1.54) is 0 Å². The molecule has 0 atom stereocenters. The molecule has 0 fully saturated rings. The highest BCUT2D eigenvalue weighted by Crippen LogP contribution is 2.06. The van der Waals surface area contributed by atoms with Gasteiger partial charge in [0, 0.05) is 21.1 Å². The lowest BCUT2D eigenvalue weighted by Crippen LogP contribution is -2.06. The largest absolute Gasteiger partial charge is 0.357 e. The maximum absolute atomic E-state index is 8.00. The van der Waals surface area contributed by atoms with E-state index in [0.717, 1.165) is 0 Å². The van der Waals surface area contributed by atoms with E-state index in [0.29, 0.717) is 17.8 Å². The van der Waals surface area contributed by atoms with E-state index in [1.807, 2.05) is 6.79 Å². The summed E-state index contributed by atoms with van der Waals surface area (Å²) in [7, 11) is 5.27. The third-order valence-electron chi connectivity index (χ3n) is 1.31. The smallest absolute Gasteiger partial charge is 0.229 e. The number of rotatable bonds is 3. The number of nitrogens with one attached hydrogen (secondary N) is 3. The van der Waals surface area contributed by atoms with Gasteiger partial charge in [-0.05, 0) is 0 Å². The van der Waals surface area contributed by atoms with Crippen molar-refractivity contribution < 1.29 is 4.79 Å². The Bertz CT molecular complexity index is 224. The first kappa shape index (κ1) is 12.1. The zero-order chi connectivity index (χ0) is 11.0. The van der Waals surface area contributed by atoms with Gasteiger partial charge >= 0.3 is 0 Å². The minimum Gasteiger partial charge on any atom is -0.357 e. The fourth-order valence-corrected chi connectivity index (χ4v) is 0.711. The molecule has 0 bridgehead atoms. The second-order valence-corrected chi connectivity index (χ2v) is 2.06. The Morgan fingerprint density at radius 1 is 0.786 bits per heavy atom. The summed E-state index contributed by atoms with van der Waals surface area (Å²) in [6.07, 6.45) is 0. The van der Waals surface area contributed by atoms with E-state index in [-0.39, 0.29) is 0 Å². The second-order valence-electron chi connectivity index (χ2n) is 2.06. The molecule has 78 valence electrons. The van der Waals surface area contributed by atoms with Crippen molar-refractivity contribution >= 4 is 24.6 Å². The van der Waals surface area contributed by atoms with Crippen LogP contribution in [-0.4, -0.2) is 42.9 Å². The van der Waals surface area contributed by atoms with Gasteiger partial charge in [0.25, 0.3) is 0 Å². The van der Waals surface area contributed by atoms with E-state index >= 15 is 0 Å². The van der Waals surface area contributed by atoms with E-state index in [4.69, 9.17) is 4.79 Å². The van der Waals surface area contributed by atoms with Crippen LogP contribution in [0, 0.1) is 0 Å². The van der Waals surface area contributed by atoms with Crippen LogP contribution in [0.25, 0.3) is 0 Å². The zero-order valence-corrected chi connectivity index (χ0v) is 8.46. The Morgan fingerprint density at radius 2 is 1.00 bits per heavy atom. The molecule has 0 amide bonds. The van der Waals surface area contributed by atoms with E-state index in [2.05, 4.69) is 30.9 Å². The molecule has 0 aliphatic carbocycles. The van der Waals surface area contributed by atoms with Gasteiger partial charge in [-0.25, -0.2) is 0 Å². The molecule has 0 aliphatic rings. The molecule has 7 nitrogen and oxygen atoms in total. The van der Waals surface area contributed by atoms with Gasteiger partial charge in [0.15, 0.2) is 0 Å². The normalized spacial score (nSPS) is 8.21. The lowest BCUT2D eigenvalue weighted by molar-refractivity contribution is -0.0979. The lowest BCUT2D eigenvalue weighted by Gasteiger charge is -2.04. The molecular formula is C7H14N6O. The van der Waals surface area contributed by atoms with Gasteiger partial charge in [-0.2, -0.15) is 15.0 Å². The van der Waals surface area contributed by atoms with Crippen molar-refractivity contribution in [1.82, 2.24) is 15.0 Å². The number of hydrogen-bond acceptors (Lipinski definition) is 7. The number of hydrogen-bond donors (Lipinski definition) is 3. The third kappa shape index (κ3) is 3.21. The molecule has 0 aliphatic heterocycles. The molecule has 0 saturated heterocycles. The monoisotopic (exact) mass is 198 g/mol. The Kier molecular flexibility index (Phi) is 5.68. The van der Waals surface area contributed by atoms with Gasteiger partial charge in [-0.15, -0.1) is 0 Å². The van der Waals surface area contributed by atoms with E-state index in [9.17, 15) is 0 Å². The Hall–Kier alpha value is -1.92. The van der Waals surface area contributed by atoms with Crippen molar-refractivity contribution in [3.63, 3.8) is 0 Å². The summed E-state index contributed by atoms with van der Waals surface area (Å²) < 4.78 is 0. The summed E-state index contributed by atoms with van der Waals surface area (Å²) in [5.74, 6) is 1.62. The van der Waals surface area contributed by atoms with Crippen LogP contribution in [0.15, 0.2) is 0 Å². The summed E-state index contributed by atoms with van der Waals surface area (Å²) in [6.45, 7) is 2.00. The van der Waals surface area contributed by atoms with E-state index < -0.39 is 0 Å². The molecule has 0 saturated carbocycles. The Balaban J connectivity index is 0.000000791. The first-order chi connectivity index (χ1) is 6.80. The zero-order valence-electron chi connectivity index (χ0n) is 8.46. The summed E-state index contributed by atoms with van der Waals surface area (Å²) >= 11 is 0. The fraction of sp³-hybridized carbons (Fsp3) is 0.429. The molecular weight excluding hydrogens is 184 g/mol. The molecule has 7 heteroatoms. The minimum absolute atomic E-state index is 0.540.